The Kier molecular flexibility index (Phi) is 4.62. The Morgan fingerprint density at radius 1 is 1.14 bits per heavy atom. The topological polar surface area (TPSA) is 43.1 Å². The SMILES string of the molecule is O=[S@@](CCc1cccs1)Cc1coc(-c2ccccc2)n1. The molecule has 1 atom stereocenters. The van der Waals surface area contributed by atoms with Gasteiger partial charge in [-0.1, -0.05) is 24.3 Å². The molecule has 2 heterocycles. The standard InChI is InChI=1S/C16H15NO2S2/c18-21(10-8-15-7-4-9-20-15)12-14-11-19-16(17-14)13-5-2-1-3-6-13/h1-7,9,11H,8,10,12H2/t21-/m0/s1. The predicted octanol–water partition coefficient (Wildman–Crippen LogP) is 3.89. The van der Waals surface area contributed by atoms with Crippen molar-refractivity contribution >= 4 is 22.1 Å². The van der Waals surface area contributed by atoms with Gasteiger partial charge >= 0.3 is 0 Å². The second kappa shape index (κ2) is 6.83. The highest BCUT2D eigenvalue weighted by Crippen LogP contribution is 2.18. The first kappa shape index (κ1) is 14.2. The van der Waals surface area contributed by atoms with Crippen LogP contribution in [0.5, 0.6) is 0 Å². The van der Waals surface area contributed by atoms with E-state index in [1.807, 2.05) is 41.8 Å². The van der Waals surface area contributed by atoms with Crippen LogP contribution < -0.4 is 0 Å². The third kappa shape index (κ3) is 3.89. The number of hydrogen-bond donors (Lipinski definition) is 0. The van der Waals surface area contributed by atoms with Gasteiger partial charge in [-0.25, -0.2) is 4.98 Å². The molecule has 1 aromatic carbocycles. The maximum Gasteiger partial charge on any atom is 0.226 e. The first-order chi connectivity index (χ1) is 10.3. The van der Waals surface area contributed by atoms with Crippen LogP contribution >= 0.6 is 11.3 Å². The van der Waals surface area contributed by atoms with Crippen molar-refractivity contribution in [2.24, 2.45) is 0 Å². The number of oxazole rings is 1. The summed E-state index contributed by atoms with van der Waals surface area (Å²) in [5.41, 5.74) is 1.69. The first-order valence-corrected chi connectivity index (χ1v) is 9.05. The number of nitrogens with zero attached hydrogens (tertiary/aromatic N) is 1. The second-order valence-corrected chi connectivity index (χ2v) is 7.24. The molecule has 0 aliphatic rings. The van der Waals surface area contributed by atoms with Crippen LogP contribution in [0, 0.1) is 0 Å². The van der Waals surface area contributed by atoms with Crippen molar-refractivity contribution in [2.45, 2.75) is 12.2 Å². The van der Waals surface area contributed by atoms with E-state index >= 15 is 0 Å². The normalized spacial score (nSPS) is 12.4. The summed E-state index contributed by atoms with van der Waals surface area (Å²) in [6.45, 7) is 0. The minimum Gasteiger partial charge on any atom is -0.444 e. The first-order valence-electron chi connectivity index (χ1n) is 6.68. The van der Waals surface area contributed by atoms with Crippen LogP contribution in [0.2, 0.25) is 0 Å². The summed E-state index contributed by atoms with van der Waals surface area (Å²) >= 11 is 1.70. The monoisotopic (exact) mass is 317 g/mol. The van der Waals surface area contributed by atoms with Gasteiger partial charge in [0.05, 0.1) is 11.4 Å². The van der Waals surface area contributed by atoms with E-state index in [1.165, 1.54) is 4.88 Å². The van der Waals surface area contributed by atoms with Gasteiger partial charge in [0, 0.05) is 27.0 Å². The second-order valence-electron chi connectivity index (χ2n) is 4.63. The van der Waals surface area contributed by atoms with E-state index in [0.717, 1.165) is 17.7 Å². The third-order valence-electron chi connectivity index (χ3n) is 3.04. The van der Waals surface area contributed by atoms with Crippen molar-refractivity contribution in [1.29, 1.82) is 0 Å². The van der Waals surface area contributed by atoms with Crippen molar-refractivity contribution < 1.29 is 8.63 Å². The minimum absolute atomic E-state index is 0.446. The number of aromatic nitrogens is 1. The highest BCUT2D eigenvalue weighted by atomic mass is 32.2. The fraction of sp³-hybridized carbons (Fsp3) is 0.188. The molecule has 0 fully saturated rings. The number of rotatable bonds is 6. The Balaban J connectivity index is 1.58. The highest BCUT2D eigenvalue weighted by Gasteiger charge is 2.09. The van der Waals surface area contributed by atoms with Gasteiger partial charge < -0.3 is 4.42 Å². The van der Waals surface area contributed by atoms with E-state index in [1.54, 1.807) is 17.6 Å². The fourth-order valence-electron chi connectivity index (χ4n) is 1.99. The van der Waals surface area contributed by atoms with Gasteiger partial charge in [-0.2, -0.15) is 0 Å². The van der Waals surface area contributed by atoms with Crippen molar-refractivity contribution in [2.75, 3.05) is 5.75 Å². The summed E-state index contributed by atoms with van der Waals surface area (Å²) in [7, 11) is -0.915. The zero-order valence-corrected chi connectivity index (χ0v) is 13.0. The summed E-state index contributed by atoms with van der Waals surface area (Å²) in [4.78, 5) is 5.68. The van der Waals surface area contributed by atoms with Crippen molar-refractivity contribution in [3.05, 3.63) is 64.7 Å². The molecule has 0 aliphatic carbocycles. The maximum atomic E-state index is 12.1. The van der Waals surface area contributed by atoms with Gasteiger partial charge in [-0.15, -0.1) is 11.3 Å². The van der Waals surface area contributed by atoms with Crippen LogP contribution in [0.4, 0.5) is 0 Å². The van der Waals surface area contributed by atoms with Crippen molar-refractivity contribution in [3.63, 3.8) is 0 Å². The van der Waals surface area contributed by atoms with Gasteiger partial charge in [-0.05, 0) is 30.0 Å². The largest absolute Gasteiger partial charge is 0.444 e. The van der Waals surface area contributed by atoms with Gasteiger partial charge in [0.2, 0.25) is 5.89 Å². The number of benzene rings is 1. The number of hydrogen-bond acceptors (Lipinski definition) is 4. The maximum absolute atomic E-state index is 12.1. The lowest BCUT2D eigenvalue weighted by molar-refractivity contribution is 0.573. The molecule has 2 aromatic heterocycles. The molecular formula is C16H15NO2S2. The van der Waals surface area contributed by atoms with Crippen LogP contribution in [-0.4, -0.2) is 14.9 Å². The lowest BCUT2D eigenvalue weighted by atomic mass is 10.2. The van der Waals surface area contributed by atoms with Gasteiger partial charge in [-0.3, -0.25) is 4.21 Å². The summed E-state index contributed by atoms with van der Waals surface area (Å²) in [6.07, 6.45) is 2.46. The van der Waals surface area contributed by atoms with E-state index in [9.17, 15) is 4.21 Å². The minimum atomic E-state index is -0.915. The van der Waals surface area contributed by atoms with Gasteiger partial charge in [0.1, 0.15) is 6.26 Å². The molecule has 3 rings (SSSR count). The Bertz CT molecular complexity index is 705. The Morgan fingerprint density at radius 3 is 2.76 bits per heavy atom. The molecule has 0 unspecified atom stereocenters. The smallest absolute Gasteiger partial charge is 0.226 e. The molecule has 0 N–H and O–H groups in total. The van der Waals surface area contributed by atoms with Crippen LogP contribution in [0.1, 0.15) is 10.6 Å². The molecule has 0 saturated heterocycles. The van der Waals surface area contributed by atoms with E-state index in [-0.39, 0.29) is 0 Å². The van der Waals surface area contributed by atoms with E-state index in [4.69, 9.17) is 4.42 Å². The van der Waals surface area contributed by atoms with Crippen molar-refractivity contribution in [1.82, 2.24) is 4.98 Å². The summed E-state index contributed by atoms with van der Waals surface area (Å²) < 4.78 is 17.5. The quantitative estimate of drug-likeness (QED) is 0.692. The number of thiophene rings is 1. The van der Waals surface area contributed by atoms with Gasteiger partial charge in [0.25, 0.3) is 0 Å². The molecule has 0 spiro atoms. The lowest BCUT2D eigenvalue weighted by Crippen LogP contribution is -2.03. The Labute approximate surface area is 130 Å². The Hall–Kier alpha value is -1.72. The molecule has 0 amide bonds. The van der Waals surface area contributed by atoms with Crippen LogP contribution in [0.3, 0.4) is 0 Å². The molecule has 0 radical (unpaired) electrons. The number of aryl methyl sites for hydroxylation is 1. The van der Waals surface area contributed by atoms with E-state index < -0.39 is 10.8 Å². The Morgan fingerprint density at radius 2 is 2.00 bits per heavy atom. The van der Waals surface area contributed by atoms with Crippen LogP contribution in [-0.2, 0) is 23.0 Å². The van der Waals surface area contributed by atoms with Crippen LogP contribution in [0.15, 0.2) is 58.5 Å². The summed E-state index contributed by atoms with van der Waals surface area (Å²) in [5.74, 6) is 1.69. The fourth-order valence-corrected chi connectivity index (χ4v) is 3.89. The average Bonchev–Trinajstić information content (AvgIpc) is 3.17. The zero-order chi connectivity index (χ0) is 14.5. The van der Waals surface area contributed by atoms with Crippen LogP contribution in [0.25, 0.3) is 11.5 Å². The third-order valence-corrected chi connectivity index (χ3v) is 5.25. The van der Waals surface area contributed by atoms with E-state index in [2.05, 4.69) is 11.1 Å². The molecular weight excluding hydrogens is 302 g/mol. The molecule has 3 aromatic rings. The molecule has 108 valence electrons. The average molecular weight is 317 g/mol. The predicted molar refractivity (Wildman–Crippen MR) is 86.7 cm³/mol. The van der Waals surface area contributed by atoms with E-state index in [0.29, 0.717) is 17.4 Å². The molecule has 3 nitrogen and oxygen atoms in total. The molecule has 0 bridgehead atoms. The van der Waals surface area contributed by atoms with Gasteiger partial charge in [0.15, 0.2) is 0 Å². The summed E-state index contributed by atoms with van der Waals surface area (Å²) in [5, 5.41) is 2.04. The molecule has 5 heteroatoms. The summed E-state index contributed by atoms with van der Waals surface area (Å²) in [6, 6.07) is 13.8. The molecule has 0 aliphatic heterocycles. The molecule has 0 saturated carbocycles. The van der Waals surface area contributed by atoms with Crippen molar-refractivity contribution in [3.8, 4) is 11.5 Å². The highest BCUT2D eigenvalue weighted by molar-refractivity contribution is 7.84. The zero-order valence-electron chi connectivity index (χ0n) is 11.4. The molecule has 21 heavy (non-hydrogen) atoms. The lowest BCUT2D eigenvalue weighted by Gasteiger charge is -1.98.